The number of pyridine rings is 2. The van der Waals surface area contributed by atoms with Crippen LogP contribution in [-0.2, 0) is 0 Å². The van der Waals surface area contributed by atoms with E-state index in [9.17, 15) is 19.2 Å². The van der Waals surface area contributed by atoms with E-state index in [1.54, 1.807) is 24.5 Å². The van der Waals surface area contributed by atoms with E-state index in [0.717, 1.165) is 11.1 Å². The van der Waals surface area contributed by atoms with E-state index in [1.165, 1.54) is 8.80 Å². The normalized spacial score (nSPS) is 10.7. The third-order valence-corrected chi connectivity index (χ3v) is 6.41. The number of fused-ring (bicyclic) bond motifs is 2. The van der Waals surface area contributed by atoms with Crippen LogP contribution in [0.4, 0.5) is 11.6 Å². The highest BCUT2D eigenvalue weighted by atomic mass is 16.1. The number of rotatable bonds is 8. The van der Waals surface area contributed by atoms with Crippen molar-refractivity contribution in [3.8, 4) is 0 Å². The molecule has 4 heterocycles. The molecular weight excluding hydrogens is 484 g/mol. The van der Waals surface area contributed by atoms with Gasteiger partial charge in [0.2, 0.25) is 0 Å². The molecule has 4 rings (SSSR count). The fourth-order valence-electron chi connectivity index (χ4n) is 4.28. The molecule has 0 aromatic carbocycles. The first-order valence-electron chi connectivity index (χ1n) is 12.7. The highest BCUT2D eigenvalue weighted by Gasteiger charge is 2.17. The quantitative estimate of drug-likeness (QED) is 0.327. The lowest BCUT2D eigenvalue weighted by molar-refractivity contribution is 0.111. The Morgan fingerprint density at radius 1 is 0.763 bits per heavy atom. The number of nitrogens with zero attached hydrogens (tertiary/aromatic N) is 6. The summed E-state index contributed by atoms with van der Waals surface area (Å²) < 4.78 is 2.85. The van der Waals surface area contributed by atoms with E-state index in [0.29, 0.717) is 61.7 Å². The average Bonchev–Trinajstić information content (AvgIpc) is 2.92. The maximum absolute atomic E-state index is 12.3. The van der Waals surface area contributed by atoms with Crippen LogP contribution in [0.1, 0.15) is 59.5 Å². The molecule has 0 saturated carbocycles. The minimum atomic E-state index is -0.314. The number of anilines is 2. The Labute approximate surface area is 221 Å². The number of aryl methyl sites for hydroxylation is 2. The van der Waals surface area contributed by atoms with Gasteiger partial charge in [-0.3, -0.25) is 28.0 Å². The molecule has 0 amide bonds. The van der Waals surface area contributed by atoms with E-state index in [4.69, 9.17) is 0 Å². The lowest BCUT2D eigenvalue weighted by Gasteiger charge is -2.21. The van der Waals surface area contributed by atoms with Crippen LogP contribution in [-0.4, -0.2) is 57.5 Å². The van der Waals surface area contributed by atoms with Crippen molar-refractivity contribution >= 4 is 35.5 Å². The standard InChI is InChI=1S/2C14H17N3O2/c1-4-16(5-2)13-11(9-18)14(19)17-8-10(3)6-7-12(17)15-13;1-4-16(5-2)13-11(9-18)14(19)17-8-6-7-10(3)12(17)15-13/h2*6-9H,4-5H2,1-3H3. The van der Waals surface area contributed by atoms with Crippen LogP contribution in [0.3, 0.4) is 0 Å². The van der Waals surface area contributed by atoms with Gasteiger partial charge >= 0.3 is 0 Å². The lowest BCUT2D eigenvalue weighted by Crippen LogP contribution is -2.30. The van der Waals surface area contributed by atoms with Gasteiger partial charge in [-0.05, 0) is 64.8 Å². The average molecular weight is 519 g/mol. The number of carbonyl (C=O) groups is 2. The van der Waals surface area contributed by atoms with Gasteiger partial charge in [-0.1, -0.05) is 12.1 Å². The Kier molecular flexibility index (Phi) is 9.11. The van der Waals surface area contributed by atoms with Crippen molar-refractivity contribution in [2.45, 2.75) is 41.5 Å². The molecule has 0 aliphatic rings. The van der Waals surface area contributed by atoms with Crippen LogP contribution >= 0.6 is 0 Å². The molecule has 10 heteroatoms. The summed E-state index contributed by atoms with van der Waals surface area (Å²) in [5, 5.41) is 0. The third kappa shape index (κ3) is 5.34. The Balaban J connectivity index is 0.000000211. The van der Waals surface area contributed by atoms with Crippen molar-refractivity contribution in [2.75, 3.05) is 36.0 Å². The van der Waals surface area contributed by atoms with Crippen molar-refractivity contribution in [2.24, 2.45) is 0 Å². The number of aldehydes is 2. The molecular formula is C28H34N6O4. The smallest absolute Gasteiger partial charge is 0.270 e. The van der Waals surface area contributed by atoms with Crippen molar-refractivity contribution in [1.29, 1.82) is 0 Å². The monoisotopic (exact) mass is 518 g/mol. The molecule has 4 aromatic heterocycles. The summed E-state index contributed by atoms with van der Waals surface area (Å²) in [6.45, 7) is 14.5. The van der Waals surface area contributed by atoms with Crippen molar-refractivity contribution in [3.05, 3.63) is 79.6 Å². The molecule has 0 radical (unpaired) electrons. The van der Waals surface area contributed by atoms with Gasteiger partial charge in [-0.25, -0.2) is 9.97 Å². The molecule has 10 nitrogen and oxygen atoms in total. The summed E-state index contributed by atoms with van der Waals surface area (Å²) in [6, 6.07) is 7.36. The zero-order valence-electron chi connectivity index (χ0n) is 22.8. The minimum absolute atomic E-state index is 0.117. The lowest BCUT2D eigenvalue weighted by atomic mass is 10.2. The van der Waals surface area contributed by atoms with Crippen LogP contribution in [0.25, 0.3) is 11.3 Å². The fraction of sp³-hybridized carbons (Fsp3) is 0.357. The summed E-state index contributed by atoms with van der Waals surface area (Å²) in [5.74, 6) is 0.938. The van der Waals surface area contributed by atoms with E-state index in [2.05, 4.69) is 9.97 Å². The van der Waals surface area contributed by atoms with Gasteiger partial charge in [0.25, 0.3) is 11.1 Å². The maximum Gasteiger partial charge on any atom is 0.270 e. The van der Waals surface area contributed by atoms with E-state index < -0.39 is 0 Å². The number of hydrogen-bond donors (Lipinski definition) is 0. The molecule has 0 N–H and O–H groups in total. The predicted octanol–water partition coefficient (Wildman–Crippen LogP) is 3.32. The Morgan fingerprint density at radius 3 is 1.82 bits per heavy atom. The zero-order valence-corrected chi connectivity index (χ0v) is 22.8. The van der Waals surface area contributed by atoms with E-state index in [1.807, 2.05) is 63.5 Å². The van der Waals surface area contributed by atoms with Gasteiger partial charge < -0.3 is 9.80 Å². The SMILES string of the molecule is CCN(CC)c1nc2c(C)cccn2c(=O)c1C=O.CCN(CC)c1nc2ccc(C)cn2c(=O)c1C=O. The van der Waals surface area contributed by atoms with Gasteiger partial charge in [-0.15, -0.1) is 0 Å². The molecule has 200 valence electrons. The molecule has 0 atom stereocenters. The molecule has 38 heavy (non-hydrogen) atoms. The van der Waals surface area contributed by atoms with Gasteiger partial charge in [0.05, 0.1) is 0 Å². The summed E-state index contributed by atoms with van der Waals surface area (Å²) in [7, 11) is 0. The van der Waals surface area contributed by atoms with Crippen LogP contribution in [0.2, 0.25) is 0 Å². The highest BCUT2D eigenvalue weighted by Crippen LogP contribution is 2.17. The summed E-state index contributed by atoms with van der Waals surface area (Å²) in [4.78, 5) is 59.9. The second-order valence-electron chi connectivity index (χ2n) is 8.71. The minimum Gasteiger partial charge on any atom is -0.356 e. The van der Waals surface area contributed by atoms with Gasteiger partial charge in [0.15, 0.2) is 12.6 Å². The van der Waals surface area contributed by atoms with Crippen molar-refractivity contribution < 1.29 is 9.59 Å². The first kappa shape index (κ1) is 28.2. The number of aromatic nitrogens is 4. The van der Waals surface area contributed by atoms with Crippen LogP contribution in [0.5, 0.6) is 0 Å². The largest absolute Gasteiger partial charge is 0.356 e. The Bertz CT molecular complexity index is 1550. The summed E-state index contributed by atoms with van der Waals surface area (Å²) >= 11 is 0. The van der Waals surface area contributed by atoms with E-state index >= 15 is 0 Å². The molecule has 0 saturated heterocycles. The molecule has 0 spiro atoms. The van der Waals surface area contributed by atoms with E-state index in [-0.39, 0.29) is 22.2 Å². The summed E-state index contributed by atoms with van der Waals surface area (Å²) in [5.41, 5.74) is 2.62. The van der Waals surface area contributed by atoms with Crippen LogP contribution < -0.4 is 20.9 Å². The second-order valence-corrected chi connectivity index (χ2v) is 8.71. The first-order chi connectivity index (χ1) is 18.3. The fourth-order valence-corrected chi connectivity index (χ4v) is 4.28. The topological polar surface area (TPSA) is 109 Å². The maximum atomic E-state index is 12.3. The van der Waals surface area contributed by atoms with Crippen molar-refractivity contribution in [3.63, 3.8) is 0 Å². The summed E-state index contributed by atoms with van der Waals surface area (Å²) in [6.07, 6.45) is 4.52. The third-order valence-electron chi connectivity index (χ3n) is 6.41. The van der Waals surface area contributed by atoms with Gasteiger partial charge in [0, 0.05) is 38.6 Å². The molecule has 0 aliphatic carbocycles. The first-order valence-corrected chi connectivity index (χ1v) is 12.7. The van der Waals surface area contributed by atoms with Crippen molar-refractivity contribution in [1.82, 2.24) is 18.8 Å². The molecule has 0 unspecified atom stereocenters. The molecule has 4 aromatic rings. The number of carbonyl (C=O) groups excluding carboxylic acids is 2. The molecule has 0 bridgehead atoms. The highest BCUT2D eigenvalue weighted by molar-refractivity contribution is 5.84. The van der Waals surface area contributed by atoms with Crippen LogP contribution in [0, 0.1) is 13.8 Å². The predicted molar refractivity (Wildman–Crippen MR) is 150 cm³/mol. The molecule has 0 fully saturated rings. The van der Waals surface area contributed by atoms with Gasteiger partial charge in [0.1, 0.15) is 34.1 Å². The van der Waals surface area contributed by atoms with Crippen LogP contribution in [0.15, 0.2) is 46.2 Å². The van der Waals surface area contributed by atoms with Gasteiger partial charge in [-0.2, -0.15) is 0 Å². The Hall–Kier alpha value is -4.34. The number of hydrogen-bond acceptors (Lipinski definition) is 8. The second kappa shape index (κ2) is 12.3. The Morgan fingerprint density at radius 2 is 1.29 bits per heavy atom. The molecule has 0 aliphatic heterocycles. The zero-order chi connectivity index (χ0) is 28.0.